The van der Waals surface area contributed by atoms with E-state index in [1.165, 1.54) is 42.7 Å². The summed E-state index contributed by atoms with van der Waals surface area (Å²) in [5.74, 6) is 0.298. The molecule has 3 nitrogen and oxygen atoms in total. The van der Waals surface area contributed by atoms with Gasteiger partial charge in [-0.25, -0.2) is 8.78 Å². The molecule has 35 heavy (non-hydrogen) atoms. The summed E-state index contributed by atoms with van der Waals surface area (Å²) in [5.41, 5.74) is 2.85. The molecule has 2 saturated heterocycles. The number of rotatable bonds is 6. The molecule has 0 bridgehead atoms. The molecule has 1 amide bonds. The van der Waals surface area contributed by atoms with E-state index in [-0.39, 0.29) is 23.6 Å². The summed E-state index contributed by atoms with van der Waals surface area (Å²) in [7, 11) is 0. The van der Waals surface area contributed by atoms with Crippen molar-refractivity contribution in [3.05, 3.63) is 107 Å². The first-order valence-electron chi connectivity index (χ1n) is 12.6. The summed E-state index contributed by atoms with van der Waals surface area (Å²) in [6, 6.07) is 23.3. The van der Waals surface area contributed by atoms with E-state index >= 15 is 0 Å². The van der Waals surface area contributed by atoms with Crippen LogP contribution >= 0.6 is 0 Å². The molecular weight excluding hydrogens is 442 g/mol. The van der Waals surface area contributed by atoms with Crippen molar-refractivity contribution in [1.29, 1.82) is 0 Å². The number of hydrogen-bond acceptors (Lipinski definition) is 2. The second-order valence-electron chi connectivity index (χ2n) is 10.1. The molecule has 0 saturated carbocycles. The second kappa shape index (κ2) is 10.7. The smallest absolute Gasteiger partial charge is 0.253 e. The summed E-state index contributed by atoms with van der Waals surface area (Å²) in [4.78, 5) is 17.5. The molecule has 0 aliphatic carbocycles. The van der Waals surface area contributed by atoms with E-state index in [0.29, 0.717) is 24.6 Å². The average Bonchev–Trinajstić information content (AvgIpc) is 3.29. The van der Waals surface area contributed by atoms with Gasteiger partial charge in [0.1, 0.15) is 11.6 Å². The molecule has 182 valence electrons. The molecule has 2 aliphatic heterocycles. The maximum Gasteiger partial charge on any atom is 0.253 e. The van der Waals surface area contributed by atoms with Gasteiger partial charge in [0.05, 0.1) is 0 Å². The molecule has 5 rings (SSSR count). The number of nitrogens with zero attached hydrogens (tertiary/aromatic N) is 2. The van der Waals surface area contributed by atoms with Crippen LogP contribution in [0.5, 0.6) is 0 Å². The van der Waals surface area contributed by atoms with E-state index in [1.807, 2.05) is 17.0 Å². The quantitative estimate of drug-likeness (QED) is 0.453. The summed E-state index contributed by atoms with van der Waals surface area (Å²) in [6.45, 7) is 4.22. The first-order chi connectivity index (χ1) is 17.0. The highest BCUT2D eigenvalue weighted by Crippen LogP contribution is 2.35. The van der Waals surface area contributed by atoms with Crippen molar-refractivity contribution in [2.24, 2.45) is 11.8 Å². The van der Waals surface area contributed by atoms with Crippen molar-refractivity contribution in [2.45, 2.75) is 25.2 Å². The molecular formula is C30H32F2N2O. The van der Waals surface area contributed by atoms with Crippen LogP contribution in [0, 0.1) is 23.5 Å². The highest BCUT2D eigenvalue weighted by atomic mass is 19.1. The number of carbonyl (C=O) groups is 1. The van der Waals surface area contributed by atoms with E-state index in [0.717, 1.165) is 31.6 Å². The summed E-state index contributed by atoms with van der Waals surface area (Å²) < 4.78 is 27.3. The highest BCUT2D eigenvalue weighted by molar-refractivity contribution is 5.94. The largest absolute Gasteiger partial charge is 0.338 e. The number of amides is 1. The number of benzene rings is 3. The van der Waals surface area contributed by atoms with Gasteiger partial charge in [-0.05, 0) is 85.6 Å². The molecule has 2 unspecified atom stereocenters. The number of likely N-dealkylation sites (tertiary alicyclic amines) is 2. The number of hydrogen-bond donors (Lipinski definition) is 0. The van der Waals surface area contributed by atoms with Crippen LogP contribution in [-0.4, -0.2) is 48.4 Å². The maximum absolute atomic E-state index is 13.7. The van der Waals surface area contributed by atoms with Crippen molar-refractivity contribution in [2.75, 3.05) is 32.7 Å². The third-order valence-electron chi connectivity index (χ3n) is 7.67. The fraction of sp³-hybridized carbons (Fsp3) is 0.367. The fourth-order valence-corrected chi connectivity index (χ4v) is 5.77. The van der Waals surface area contributed by atoms with E-state index in [2.05, 4.69) is 35.2 Å². The van der Waals surface area contributed by atoms with Gasteiger partial charge in [-0.2, -0.15) is 0 Å². The lowest BCUT2D eigenvalue weighted by Crippen LogP contribution is -2.39. The van der Waals surface area contributed by atoms with Gasteiger partial charge < -0.3 is 9.80 Å². The Hall–Kier alpha value is -3.05. The molecule has 2 fully saturated rings. The van der Waals surface area contributed by atoms with Crippen LogP contribution in [0.25, 0.3) is 0 Å². The zero-order valence-electron chi connectivity index (χ0n) is 20.0. The molecule has 0 radical (unpaired) electrons. The molecule has 0 spiro atoms. The van der Waals surface area contributed by atoms with Gasteiger partial charge in [0.15, 0.2) is 0 Å². The van der Waals surface area contributed by atoms with E-state index < -0.39 is 5.82 Å². The first kappa shape index (κ1) is 23.7. The Morgan fingerprint density at radius 2 is 1.57 bits per heavy atom. The third-order valence-corrected chi connectivity index (χ3v) is 7.67. The Labute approximate surface area is 206 Å². The SMILES string of the molecule is O=C(c1cccc(F)c1)N1CC(CN2CCC(Cc3ccccc3)CC2)C(c2ccc(F)cc2)C1. The maximum atomic E-state index is 13.7. The van der Waals surface area contributed by atoms with Gasteiger partial charge in [0.2, 0.25) is 0 Å². The Morgan fingerprint density at radius 1 is 0.829 bits per heavy atom. The van der Waals surface area contributed by atoms with Crippen LogP contribution in [-0.2, 0) is 6.42 Å². The number of piperidine rings is 1. The van der Waals surface area contributed by atoms with Gasteiger partial charge in [-0.15, -0.1) is 0 Å². The topological polar surface area (TPSA) is 23.6 Å². The molecule has 3 aromatic carbocycles. The number of halogens is 2. The van der Waals surface area contributed by atoms with E-state index in [4.69, 9.17) is 0 Å². The van der Waals surface area contributed by atoms with Crippen LogP contribution in [0.4, 0.5) is 8.78 Å². The standard InChI is InChI=1S/C30H32F2N2O/c31-27-11-9-24(10-12-27)29-21-34(30(35)25-7-4-8-28(32)18-25)20-26(29)19-33-15-13-23(14-16-33)17-22-5-2-1-3-6-22/h1-12,18,23,26,29H,13-17,19-21H2. The van der Waals surface area contributed by atoms with Gasteiger partial charge in [-0.1, -0.05) is 48.5 Å². The van der Waals surface area contributed by atoms with E-state index in [1.54, 1.807) is 12.1 Å². The molecule has 0 N–H and O–H groups in total. The summed E-state index contributed by atoms with van der Waals surface area (Å²) >= 11 is 0. The lowest BCUT2D eigenvalue weighted by atomic mass is 9.86. The Bertz CT molecular complexity index is 1130. The van der Waals surface area contributed by atoms with E-state index in [9.17, 15) is 13.6 Å². The van der Waals surface area contributed by atoms with Crippen molar-refractivity contribution in [3.63, 3.8) is 0 Å². The van der Waals surface area contributed by atoms with Gasteiger partial charge >= 0.3 is 0 Å². The second-order valence-corrected chi connectivity index (χ2v) is 10.1. The van der Waals surface area contributed by atoms with Crippen LogP contribution in [0.15, 0.2) is 78.9 Å². The minimum Gasteiger partial charge on any atom is -0.338 e. The average molecular weight is 475 g/mol. The molecule has 0 aromatic heterocycles. The van der Waals surface area contributed by atoms with Crippen molar-refractivity contribution in [3.8, 4) is 0 Å². The monoisotopic (exact) mass is 474 g/mol. The summed E-state index contributed by atoms with van der Waals surface area (Å²) in [6.07, 6.45) is 3.48. The van der Waals surface area contributed by atoms with Crippen LogP contribution in [0.3, 0.4) is 0 Å². The Kier molecular flexibility index (Phi) is 7.24. The van der Waals surface area contributed by atoms with Gasteiger partial charge in [-0.3, -0.25) is 4.79 Å². The molecule has 5 heteroatoms. The molecule has 3 aromatic rings. The third kappa shape index (κ3) is 5.79. The van der Waals surface area contributed by atoms with Crippen molar-refractivity contribution < 1.29 is 13.6 Å². The van der Waals surface area contributed by atoms with Crippen LogP contribution < -0.4 is 0 Å². The summed E-state index contributed by atoms with van der Waals surface area (Å²) in [5, 5.41) is 0. The van der Waals surface area contributed by atoms with Crippen LogP contribution in [0.1, 0.15) is 40.2 Å². The van der Waals surface area contributed by atoms with Crippen molar-refractivity contribution >= 4 is 5.91 Å². The molecule has 2 aliphatic rings. The Morgan fingerprint density at radius 3 is 2.29 bits per heavy atom. The normalized spacial score (nSPS) is 21.4. The Balaban J connectivity index is 1.26. The molecule has 2 heterocycles. The fourth-order valence-electron chi connectivity index (χ4n) is 5.77. The van der Waals surface area contributed by atoms with Crippen molar-refractivity contribution in [1.82, 2.24) is 9.80 Å². The predicted octanol–water partition coefficient (Wildman–Crippen LogP) is 5.78. The zero-order valence-corrected chi connectivity index (χ0v) is 20.0. The lowest BCUT2D eigenvalue weighted by molar-refractivity contribution is 0.0780. The van der Waals surface area contributed by atoms with Gasteiger partial charge in [0, 0.05) is 31.1 Å². The highest BCUT2D eigenvalue weighted by Gasteiger charge is 2.38. The lowest BCUT2D eigenvalue weighted by Gasteiger charge is -2.34. The minimum absolute atomic E-state index is 0.134. The molecule has 2 atom stereocenters. The zero-order chi connectivity index (χ0) is 24.2. The number of carbonyl (C=O) groups excluding carboxylic acids is 1. The predicted molar refractivity (Wildman–Crippen MR) is 134 cm³/mol. The van der Waals surface area contributed by atoms with Gasteiger partial charge in [0.25, 0.3) is 5.91 Å². The van der Waals surface area contributed by atoms with Crippen LogP contribution in [0.2, 0.25) is 0 Å². The first-order valence-corrected chi connectivity index (χ1v) is 12.6. The minimum atomic E-state index is -0.403.